The molecule has 1 fully saturated rings. The normalized spacial score (nSPS) is 18.6. The predicted molar refractivity (Wildman–Crippen MR) is 49.8 cm³/mol. The molecular formula is C6H5N3O6S. The van der Waals surface area contributed by atoms with Gasteiger partial charge < -0.3 is 0 Å². The maximum atomic E-state index is 10.8. The van der Waals surface area contributed by atoms with Crippen molar-refractivity contribution in [2.45, 2.75) is 0 Å². The number of anilines is 1. The minimum absolute atomic E-state index is 0.121. The fourth-order valence-corrected chi connectivity index (χ4v) is 1.52. The first-order chi connectivity index (χ1) is 7.48. The van der Waals surface area contributed by atoms with E-state index in [1.165, 1.54) is 18.2 Å². The number of nitro groups is 1. The number of hydrazine groups is 1. The lowest BCUT2D eigenvalue weighted by Crippen LogP contribution is -2.28. The van der Waals surface area contributed by atoms with Gasteiger partial charge in [-0.15, -0.1) is 13.7 Å². The van der Waals surface area contributed by atoms with E-state index in [0.29, 0.717) is 5.17 Å². The van der Waals surface area contributed by atoms with E-state index < -0.39 is 15.3 Å². The molecule has 1 N–H and O–H groups in total. The minimum atomic E-state index is -4.13. The van der Waals surface area contributed by atoms with Gasteiger partial charge in [0.15, 0.2) is 0 Å². The second kappa shape index (κ2) is 3.68. The van der Waals surface area contributed by atoms with Crippen LogP contribution in [0.1, 0.15) is 0 Å². The Hall–Kier alpha value is -1.75. The van der Waals surface area contributed by atoms with Gasteiger partial charge in [-0.05, 0) is 6.07 Å². The number of benzene rings is 1. The van der Waals surface area contributed by atoms with Gasteiger partial charge in [-0.3, -0.25) is 10.1 Å². The highest BCUT2D eigenvalue weighted by atomic mass is 32.3. The molecule has 1 heterocycles. The van der Waals surface area contributed by atoms with E-state index in [0.717, 1.165) is 6.07 Å². The van der Waals surface area contributed by atoms with Gasteiger partial charge >= 0.3 is 10.4 Å². The van der Waals surface area contributed by atoms with Crippen LogP contribution in [0.15, 0.2) is 24.3 Å². The SMILES string of the molecule is O=[N+]([O-])c1cccc(N2NOS(=O)(=O)O2)c1. The second-order valence-electron chi connectivity index (χ2n) is 2.73. The van der Waals surface area contributed by atoms with Crippen molar-refractivity contribution in [3.05, 3.63) is 34.4 Å². The third-order valence-corrected chi connectivity index (χ3v) is 2.27. The van der Waals surface area contributed by atoms with Crippen LogP contribution in [0.5, 0.6) is 0 Å². The summed E-state index contributed by atoms with van der Waals surface area (Å²) >= 11 is 0. The Kier molecular flexibility index (Phi) is 2.47. The van der Waals surface area contributed by atoms with E-state index in [4.69, 9.17) is 0 Å². The van der Waals surface area contributed by atoms with Gasteiger partial charge in [0.2, 0.25) is 0 Å². The minimum Gasteiger partial charge on any atom is -0.258 e. The van der Waals surface area contributed by atoms with Gasteiger partial charge in [0.1, 0.15) is 0 Å². The highest BCUT2D eigenvalue weighted by molar-refractivity contribution is 7.82. The second-order valence-corrected chi connectivity index (χ2v) is 3.86. The molecule has 0 unspecified atom stereocenters. The monoisotopic (exact) mass is 247 g/mol. The molecule has 0 aromatic heterocycles. The smallest absolute Gasteiger partial charge is 0.258 e. The van der Waals surface area contributed by atoms with Crippen LogP contribution in [0, 0.1) is 10.1 Å². The Morgan fingerprint density at radius 1 is 1.44 bits per heavy atom. The molecule has 86 valence electrons. The predicted octanol–water partition coefficient (Wildman–Crippen LogP) is 0.0274. The molecular weight excluding hydrogens is 242 g/mol. The number of rotatable bonds is 2. The van der Waals surface area contributed by atoms with Crippen molar-refractivity contribution in [1.82, 2.24) is 5.59 Å². The summed E-state index contributed by atoms with van der Waals surface area (Å²) in [6.07, 6.45) is 0. The number of nitrogens with zero attached hydrogens (tertiary/aromatic N) is 2. The topological polar surface area (TPSA) is 111 Å². The van der Waals surface area contributed by atoms with Crippen LogP contribution >= 0.6 is 0 Å². The third kappa shape index (κ3) is 2.09. The largest absolute Gasteiger partial charge is 0.440 e. The number of nitrogens with one attached hydrogen (secondary N) is 1. The van der Waals surface area contributed by atoms with Gasteiger partial charge in [-0.1, -0.05) is 11.7 Å². The zero-order chi connectivity index (χ0) is 11.8. The Balaban J connectivity index is 2.28. The Morgan fingerprint density at radius 2 is 2.19 bits per heavy atom. The fraction of sp³-hybridized carbons (Fsp3) is 0. The van der Waals surface area contributed by atoms with Gasteiger partial charge in [0, 0.05) is 12.1 Å². The standard InChI is InChI=1S/C6H5N3O6S/c10-9(11)6-3-1-2-5(4-6)8-7-14-16(12,13)15-8/h1-4,7H. The molecule has 1 aromatic rings. The fourth-order valence-electron chi connectivity index (χ4n) is 1.03. The zero-order valence-electron chi connectivity index (χ0n) is 7.56. The lowest BCUT2D eigenvalue weighted by Gasteiger charge is -2.09. The van der Waals surface area contributed by atoms with E-state index in [-0.39, 0.29) is 11.4 Å². The van der Waals surface area contributed by atoms with E-state index >= 15 is 0 Å². The molecule has 16 heavy (non-hydrogen) atoms. The first-order valence-corrected chi connectivity index (χ1v) is 5.24. The zero-order valence-corrected chi connectivity index (χ0v) is 8.38. The van der Waals surface area contributed by atoms with Crippen LogP contribution in [-0.4, -0.2) is 13.3 Å². The van der Waals surface area contributed by atoms with Crippen molar-refractivity contribution < 1.29 is 21.9 Å². The summed E-state index contributed by atoms with van der Waals surface area (Å²) in [7, 11) is -4.13. The summed E-state index contributed by atoms with van der Waals surface area (Å²) in [6.45, 7) is 0. The number of hydrogen-bond donors (Lipinski definition) is 1. The number of non-ortho nitro benzene ring substituents is 1. The first-order valence-electron chi connectivity index (χ1n) is 3.91. The third-order valence-electron chi connectivity index (χ3n) is 1.66. The van der Waals surface area contributed by atoms with Gasteiger partial charge in [-0.25, -0.2) is 0 Å². The highest BCUT2D eigenvalue weighted by Gasteiger charge is 2.29. The Bertz CT molecular complexity index is 529. The number of hydrogen-bond acceptors (Lipinski definition) is 8. The Labute approximate surface area is 89.5 Å². The maximum Gasteiger partial charge on any atom is 0.440 e. The molecule has 0 spiro atoms. The summed E-state index contributed by atoms with van der Waals surface area (Å²) in [5, 5.41) is 11.1. The quantitative estimate of drug-likeness (QED) is 0.575. The molecule has 1 aliphatic heterocycles. The molecule has 0 aliphatic carbocycles. The number of nitro benzene ring substituents is 1. The van der Waals surface area contributed by atoms with Gasteiger partial charge in [0.05, 0.1) is 10.6 Å². The van der Waals surface area contributed by atoms with Crippen LogP contribution < -0.4 is 10.8 Å². The maximum absolute atomic E-state index is 10.8. The molecule has 0 amide bonds. The molecule has 2 rings (SSSR count). The summed E-state index contributed by atoms with van der Waals surface area (Å²) in [6, 6.07) is 5.17. The van der Waals surface area contributed by atoms with Crippen molar-refractivity contribution in [3.63, 3.8) is 0 Å². The van der Waals surface area contributed by atoms with Crippen LogP contribution in [0.25, 0.3) is 0 Å². The van der Waals surface area contributed by atoms with E-state index in [1.807, 2.05) is 5.59 Å². The Morgan fingerprint density at radius 3 is 2.75 bits per heavy atom. The van der Waals surface area contributed by atoms with Crippen LogP contribution in [0.2, 0.25) is 0 Å². The first kappa shape index (κ1) is 10.8. The molecule has 0 saturated carbocycles. The molecule has 1 aromatic carbocycles. The average Bonchev–Trinajstić information content (AvgIpc) is 2.59. The van der Waals surface area contributed by atoms with E-state index in [1.54, 1.807) is 0 Å². The summed E-state index contributed by atoms with van der Waals surface area (Å²) < 4.78 is 29.9. The summed E-state index contributed by atoms with van der Waals surface area (Å²) in [5.41, 5.74) is 1.85. The molecule has 0 atom stereocenters. The molecule has 0 radical (unpaired) electrons. The van der Waals surface area contributed by atoms with Crippen molar-refractivity contribution >= 4 is 21.8 Å². The van der Waals surface area contributed by atoms with Crippen molar-refractivity contribution in [2.75, 3.05) is 5.17 Å². The van der Waals surface area contributed by atoms with Crippen LogP contribution in [0.3, 0.4) is 0 Å². The lowest BCUT2D eigenvalue weighted by molar-refractivity contribution is -0.384. The molecule has 0 bridgehead atoms. The van der Waals surface area contributed by atoms with Crippen molar-refractivity contribution in [1.29, 1.82) is 0 Å². The molecule has 10 heteroatoms. The van der Waals surface area contributed by atoms with E-state index in [9.17, 15) is 18.5 Å². The lowest BCUT2D eigenvalue weighted by atomic mass is 10.3. The summed E-state index contributed by atoms with van der Waals surface area (Å²) in [5.74, 6) is 0. The van der Waals surface area contributed by atoms with Crippen molar-refractivity contribution in [2.24, 2.45) is 0 Å². The van der Waals surface area contributed by atoms with Gasteiger partial charge in [0.25, 0.3) is 5.69 Å². The molecule has 1 saturated heterocycles. The van der Waals surface area contributed by atoms with E-state index in [2.05, 4.69) is 8.57 Å². The average molecular weight is 247 g/mol. The van der Waals surface area contributed by atoms with Crippen molar-refractivity contribution in [3.8, 4) is 0 Å². The van der Waals surface area contributed by atoms with Crippen LogP contribution in [-0.2, 0) is 19.0 Å². The summed E-state index contributed by atoms with van der Waals surface area (Å²) in [4.78, 5) is 9.86. The molecule has 1 aliphatic rings. The van der Waals surface area contributed by atoms with Gasteiger partial charge in [-0.2, -0.15) is 8.42 Å². The van der Waals surface area contributed by atoms with Crippen LogP contribution in [0.4, 0.5) is 11.4 Å². The highest BCUT2D eigenvalue weighted by Crippen LogP contribution is 2.23. The molecule has 9 nitrogen and oxygen atoms in total.